The van der Waals surface area contributed by atoms with Gasteiger partial charge >= 0.3 is 0 Å². The first-order valence-corrected chi connectivity index (χ1v) is 11.6. The molecule has 3 aromatic rings. The highest BCUT2D eigenvalue weighted by Crippen LogP contribution is 2.29. The molecule has 1 aliphatic heterocycles. The number of hydrogen-bond acceptors (Lipinski definition) is 6. The van der Waals surface area contributed by atoms with Gasteiger partial charge in [-0.15, -0.1) is 11.3 Å². The summed E-state index contributed by atoms with van der Waals surface area (Å²) < 4.78 is 0. The second-order valence-electron chi connectivity index (χ2n) is 7.69. The van der Waals surface area contributed by atoms with Crippen LogP contribution in [0.4, 0.5) is 5.13 Å². The molecule has 1 fully saturated rings. The van der Waals surface area contributed by atoms with E-state index in [9.17, 15) is 9.59 Å². The Bertz CT molecular complexity index is 1070. The van der Waals surface area contributed by atoms with Gasteiger partial charge in [-0.3, -0.25) is 24.8 Å². The van der Waals surface area contributed by atoms with Crippen molar-refractivity contribution >= 4 is 39.2 Å². The Labute approximate surface area is 186 Å². The molecule has 1 saturated heterocycles. The predicted octanol–water partition coefficient (Wildman–Crippen LogP) is 3.60. The van der Waals surface area contributed by atoms with Crippen LogP contribution in [0.2, 0.25) is 0 Å². The van der Waals surface area contributed by atoms with Crippen LogP contribution in [0.5, 0.6) is 0 Å². The second-order valence-corrected chi connectivity index (χ2v) is 8.58. The lowest BCUT2D eigenvalue weighted by atomic mass is 9.99. The summed E-state index contributed by atoms with van der Waals surface area (Å²) in [7, 11) is 0. The first-order valence-electron chi connectivity index (χ1n) is 10.7. The molecule has 162 valence electrons. The smallest absolute Gasteiger partial charge is 0.258 e. The van der Waals surface area contributed by atoms with Crippen molar-refractivity contribution in [3.8, 4) is 0 Å². The SMILES string of the molecule is CCN(CC)C(=O)CN1CC[C@@H](c2cc(C(=O)Nc3nccs3)c3ccccc3n2)C1. The zero-order valence-electron chi connectivity index (χ0n) is 17.9. The quantitative estimate of drug-likeness (QED) is 0.611. The number of likely N-dealkylation sites (tertiary alicyclic amines) is 1. The Morgan fingerprint density at radius 2 is 2.06 bits per heavy atom. The molecule has 0 saturated carbocycles. The fraction of sp³-hybridized carbons (Fsp3) is 0.391. The maximum absolute atomic E-state index is 13.0. The summed E-state index contributed by atoms with van der Waals surface area (Å²) in [5, 5.41) is 6.12. The van der Waals surface area contributed by atoms with Gasteiger partial charge in [0.1, 0.15) is 0 Å². The van der Waals surface area contributed by atoms with Gasteiger partial charge in [0.15, 0.2) is 5.13 Å². The molecular weight excluding hydrogens is 410 g/mol. The van der Waals surface area contributed by atoms with Gasteiger partial charge in [0.05, 0.1) is 17.6 Å². The zero-order valence-corrected chi connectivity index (χ0v) is 18.7. The molecule has 8 heteroatoms. The van der Waals surface area contributed by atoms with E-state index >= 15 is 0 Å². The molecule has 0 unspecified atom stereocenters. The van der Waals surface area contributed by atoms with Crippen LogP contribution in [-0.2, 0) is 4.79 Å². The van der Waals surface area contributed by atoms with Crippen LogP contribution in [0.15, 0.2) is 41.9 Å². The summed E-state index contributed by atoms with van der Waals surface area (Å²) in [4.78, 5) is 38.6. The number of rotatable bonds is 7. The van der Waals surface area contributed by atoms with Crippen LogP contribution in [-0.4, -0.2) is 64.3 Å². The predicted molar refractivity (Wildman–Crippen MR) is 124 cm³/mol. The van der Waals surface area contributed by atoms with Crippen LogP contribution in [0, 0.1) is 0 Å². The Balaban J connectivity index is 1.56. The van der Waals surface area contributed by atoms with E-state index in [0.29, 0.717) is 17.2 Å². The van der Waals surface area contributed by atoms with Gasteiger partial charge in [-0.1, -0.05) is 18.2 Å². The number of amides is 2. The normalized spacial score (nSPS) is 16.5. The van der Waals surface area contributed by atoms with Gasteiger partial charge in [0.2, 0.25) is 5.91 Å². The first-order chi connectivity index (χ1) is 15.1. The number of likely N-dealkylation sites (N-methyl/N-ethyl adjacent to an activating group) is 1. The van der Waals surface area contributed by atoms with E-state index in [1.807, 2.05) is 54.5 Å². The van der Waals surface area contributed by atoms with E-state index in [-0.39, 0.29) is 17.7 Å². The second kappa shape index (κ2) is 9.53. The van der Waals surface area contributed by atoms with E-state index in [2.05, 4.69) is 15.2 Å². The lowest BCUT2D eigenvalue weighted by Gasteiger charge is -2.22. The standard InChI is InChI=1S/C23H27N5O2S/c1-3-28(4-2)21(29)15-27-11-9-16(14-27)20-13-18(17-7-5-6-8-19(17)25-20)22(30)26-23-24-10-12-31-23/h5-8,10,12-13,16H,3-4,9,11,14-15H2,1-2H3,(H,24,26,30)/t16-/m1/s1. The lowest BCUT2D eigenvalue weighted by Crippen LogP contribution is -2.39. The minimum Gasteiger partial charge on any atom is -0.342 e. The Morgan fingerprint density at radius 1 is 1.26 bits per heavy atom. The minimum absolute atomic E-state index is 0.167. The topological polar surface area (TPSA) is 78.4 Å². The van der Waals surface area contributed by atoms with Gasteiger partial charge in [-0.05, 0) is 38.9 Å². The van der Waals surface area contributed by atoms with Crippen LogP contribution < -0.4 is 5.32 Å². The van der Waals surface area contributed by atoms with Crippen molar-refractivity contribution in [1.29, 1.82) is 0 Å². The minimum atomic E-state index is -0.179. The fourth-order valence-electron chi connectivity index (χ4n) is 4.13. The van der Waals surface area contributed by atoms with Crippen molar-refractivity contribution in [3.05, 3.63) is 53.2 Å². The highest BCUT2D eigenvalue weighted by Gasteiger charge is 2.28. The van der Waals surface area contributed by atoms with Crippen molar-refractivity contribution in [2.45, 2.75) is 26.2 Å². The molecule has 1 aliphatic rings. The highest BCUT2D eigenvalue weighted by atomic mass is 32.1. The third-order valence-electron chi connectivity index (χ3n) is 5.80. The number of hydrogen-bond donors (Lipinski definition) is 1. The molecule has 7 nitrogen and oxygen atoms in total. The molecule has 0 radical (unpaired) electrons. The van der Waals surface area contributed by atoms with E-state index in [4.69, 9.17) is 4.98 Å². The van der Waals surface area contributed by atoms with Crippen LogP contribution in [0.25, 0.3) is 10.9 Å². The number of anilines is 1. The van der Waals surface area contributed by atoms with Crippen LogP contribution >= 0.6 is 11.3 Å². The molecule has 1 atom stereocenters. The van der Waals surface area contributed by atoms with Gasteiger partial charge in [0, 0.05) is 48.2 Å². The number of aromatic nitrogens is 2. The molecule has 0 bridgehead atoms. The van der Waals surface area contributed by atoms with E-state index in [1.165, 1.54) is 11.3 Å². The first kappa shape index (κ1) is 21.4. The Kier molecular flexibility index (Phi) is 6.58. The number of carbonyl (C=O) groups excluding carboxylic acids is 2. The van der Waals surface area contributed by atoms with E-state index < -0.39 is 0 Å². The van der Waals surface area contributed by atoms with Gasteiger partial charge in [0.25, 0.3) is 5.91 Å². The summed E-state index contributed by atoms with van der Waals surface area (Å²) in [6, 6.07) is 9.62. The summed E-state index contributed by atoms with van der Waals surface area (Å²) in [6.07, 6.45) is 2.59. The van der Waals surface area contributed by atoms with Gasteiger partial charge < -0.3 is 4.90 Å². The van der Waals surface area contributed by atoms with Crippen LogP contribution in [0.3, 0.4) is 0 Å². The van der Waals surface area contributed by atoms with Gasteiger partial charge in [-0.25, -0.2) is 4.98 Å². The van der Waals surface area contributed by atoms with E-state index in [0.717, 1.165) is 49.2 Å². The number of pyridine rings is 1. The summed E-state index contributed by atoms with van der Waals surface area (Å²) in [6.45, 7) is 7.53. The number of benzene rings is 1. The largest absolute Gasteiger partial charge is 0.342 e. The molecule has 0 aliphatic carbocycles. The summed E-state index contributed by atoms with van der Waals surface area (Å²) in [5.41, 5.74) is 2.32. The molecular formula is C23H27N5O2S. The van der Waals surface area contributed by atoms with E-state index in [1.54, 1.807) is 6.20 Å². The molecule has 2 amide bonds. The summed E-state index contributed by atoms with van der Waals surface area (Å²) in [5.74, 6) is 0.183. The Morgan fingerprint density at radius 3 is 2.81 bits per heavy atom. The Hall–Kier alpha value is -2.84. The molecule has 31 heavy (non-hydrogen) atoms. The van der Waals surface area contributed by atoms with Gasteiger partial charge in [-0.2, -0.15) is 0 Å². The fourth-order valence-corrected chi connectivity index (χ4v) is 4.65. The maximum Gasteiger partial charge on any atom is 0.258 e. The molecule has 1 N–H and O–H groups in total. The van der Waals surface area contributed by atoms with Crippen molar-refractivity contribution in [2.75, 3.05) is 38.0 Å². The monoisotopic (exact) mass is 437 g/mol. The molecule has 0 spiro atoms. The molecule has 4 rings (SSSR count). The van der Waals surface area contributed by atoms with Crippen molar-refractivity contribution in [1.82, 2.24) is 19.8 Å². The van der Waals surface area contributed by atoms with Crippen molar-refractivity contribution < 1.29 is 9.59 Å². The number of nitrogens with zero attached hydrogens (tertiary/aromatic N) is 4. The third kappa shape index (κ3) is 4.75. The highest BCUT2D eigenvalue weighted by molar-refractivity contribution is 7.13. The number of fused-ring (bicyclic) bond motifs is 1. The number of nitrogens with one attached hydrogen (secondary N) is 1. The maximum atomic E-state index is 13.0. The number of carbonyl (C=O) groups is 2. The average Bonchev–Trinajstić information content (AvgIpc) is 3.46. The number of para-hydroxylation sites is 1. The molecule has 3 heterocycles. The molecule has 1 aromatic carbocycles. The molecule has 2 aromatic heterocycles. The lowest BCUT2D eigenvalue weighted by molar-refractivity contribution is -0.131. The van der Waals surface area contributed by atoms with Crippen molar-refractivity contribution in [2.24, 2.45) is 0 Å². The number of thiazole rings is 1. The van der Waals surface area contributed by atoms with Crippen LogP contribution in [0.1, 0.15) is 42.2 Å². The zero-order chi connectivity index (χ0) is 21.8. The van der Waals surface area contributed by atoms with Crippen molar-refractivity contribution in [3.63, 3.8) is 0 Å². The average molecular weight is 438 g/mol. The third-order valence-corrected chi connectivity index (χ3v) is 6.49. The summed E-state index contributed by atoms with van der Waals surface area (Å²) >= 11 is 1.39.